The van der Waals surface area contributed by atoms with Gasteiger partial charge < -0.3 is 0 Å². The largest absolute Gasteiger partial charge is 0.0616 e. The van der Waals surface area contributed by atoms with Gasteiger partial charge in [0.2, 0.25) is 0 Å². The highest BCUT2D eigenvalue weighted by molar-refractivity contribution is 14.1. The molecule has 146 valence electrons. The van der Waals surface area contributed by atoms with E-state index in [9.17, 15) is 0 Å². The summed E-state index contributed by atoms with van der Waals surface area (Å²) in [6.07, 6.45) is 0. The lowest BCUT2D eigenvalue weighted by Crippen LogP contribution is -1.90. The summed E-state index contributed by atoms with van der Waals surface area (Å²) in [6, 6.07) is 41.7. The number of rotatable bonds is 2. The Hall–Kier alpha value is -3.17. The van der Waals surface area contributed by atoms with Gasteiger partial charge in [-0.1, -0.05) is 109 Å². The maximum absolute atomic E-state index is 2.53. The second-order valence-corrected chi connectivity index (χ2v) is 8.97. The van der Waals surface area contributed by atoms with Crippen LogP contribution in [0, 0.1) is 3.57 Å². The van der Waals surface area contributed by atoms with Gasteiger partial charge in [0.25, 0.3) is 0 Å². The molecule has 0 unspecified atom stereocenters. The molecule has 0 N–H and O–H groups in total. The first-order valence-corrected chi connectivity index (χ1v) is 11.6. The van der Waals surface area contributed by atoms with Gasteiger partial charge in [-0.2, -0.15) is 0 Å². The fraction of sp³-hybridized carbons (Fsp3) is 0. The molecule has 0 aliphatic heterocycles. The predicted octanol–water partition coefficient (Wildman–Crippen LogP) is 9.08. The summed E-state index contributed by atoms with van der Waals surface area (Å²) in [5.41, 5.74) is 5.11. The average molecular weight is 506 g/mol. The predicted molar refractivity (Wildman–Crippen MR) is 143 cm³/mol. The molecule has 0 spiro atoms. The Kier molecular flexibility index (Phi) is 4.50. The Morgan fingerprint density at radius 1 is 0.419 bits per heavy atom. The van der Waals surface area contributed by atoms with Crippen LogP contribution in [-0.2, 0) is 0 Å². The van der Waals surface area contributed by atoms with Crippen LogP contribution in [-0.4, -0.2) is 0 Å². The highest BCUT2D eigenvalue weighted by Crippen LogP contribution is 2.41. The third kappa shape index (κ3) is 3.03. The second kappa shape index (κ2) is 7.51. The average Bonchev–Trinajstić information content (AvgIpc) is 2.84. The minimum Gasteiger partial charge on any atom is -0.0616 e. The van der Waals surface area contributed by atoms with Crippen LogP contribution in [0.15, 0.2) is 115 Å². The molecule has 0 heterocycles. The quantitative estimate of drug-likeness (QED) is 0.162. The topological polar surface area (TPSA) is 0 Å². The van der Waals surface area contributed by atoms with E-state index >= 15 is 0 Å². The van der Waals surface area contributed by atoms with Crippen LogP contribution in [0.1, 0.15) is 0 Å². The molecule has 6 aromatic rings. The Labute approximate surface area is 195 Å². The first kappa shape index (κ1) is 18.6. The van der Waals surface area contributed by atoms with Crippen molar-refractivity contribution in [3.63, 3.8) is 0 Å². The van der Waals surface area contributed by atoms with Crippen molar-refractivity contribution in [1.29, 1.82) is 0 Å². The maximum atomic E-state index is 2.53. The lowest BCUT2D eigenvalue weighted by molar-refractivity contribution is 1.62. The molecule has 31 heavy (non-hydrogen) atoms. The second-order valence-electron chi connectivity index (χ2n) is 7.89. The summed E-state index contributed by atoms with van der Waals surface area (Å²) < 4.78 is 1.31. The van der Waals surface area contributed by atoms with Gasteiger partial charge in [-0.05, 0) is 77.7 Å². The highest BCUT2D eigenvalue weighted by atomic mass is 127. The van der Waals surface area contributed by atoms with E-state index in [1.807, 2.05) is 0 Å². The van der Waals surface area contributed by atoms with Gasteiger partial charge in [0, 0.05) is 9.13 Å². The summed E-state index contributed by atoms with van der Waals surface area (Å²) in [5.74, 6) is 0. The lowest BCUT2D eigenvalue weighted by Gasteiger charge is -2.15. The van der Waals surface area contributed by atoms with Crippen molar-refractivity contribution in [2.24, 2.45) is 0 Å². The fourth-order valence-electron chi connectivity index (χ4n) is 4.70. The third-order valence-electron chi connectivity index (χ3n) is 6.12. The Bertz CT molecular complexity index is 1590. The molecule has 0 aliphatic carbocycles. The zero-order valence-corrected chi connectivity index (χ0v) is 19.0. The van der Waals surface area contributed by atoms with Crippen molar-refractivity contribution in [1.82, 2.24) is 0 Å². The van der Waals surface area contributed by atoms with Gasteiger partial charge in [-0.15, -0.1) is 0 Å². The van der Waals surface area contributed by atoms with E-state index in [1.54, 1.807) is 0 Å². The van der Waals surface area contributed by atoms with E-state index in [0.29, 0.717) is 0 Å². The number of hydrogen-bond donors (Lipinski definition) is 0. The summed E-state index contributed by atoms with van der Waals surface area (Å²) in [6.45, 7) is 0. The zero-order valence-electron chi connectivity index (χ0n) is 16.8. The minimum atomic E-state index is 1.25. The van der Waals surface area contributed by atoms with E-state index in [4.69, 9.17) is 0 Å². The van der Waals surface area contributed by atoms with Gasteiger partial charge in [-0.3, -0.25) is 0 Å². The van der Waals surface area contributed by atoms with Crippen LogP contribution in [0.25, 0.3) is 54.6 Å². The van der Waals surface area contributed by atoms with Crippen molar-refractivity contribution >= 4 is 54.9 Å². The maximum Gasteiger partial charge on any atom is 0.0293 e. The minimum absolute atomic E-state index is 1.25. The van der Waals surface area contributed by atoms with Crippen LogP contribution in [0.5, 0.6) is 0 Å². The molecule has 0 atom stereocenters. The fourth-order valence-corrected chi connectivity index (χ4v) is 5.77. The van der Waals surface area contributed by atoms with Crippen molar-refractivity contribution in [2.75, 3.05) is 0 Å². The molecule has 0 saturated carbocycles. The Morgan fingerprint density at radius 3 is 1.77 bits per heavy atom. The molecule has 0 aliphatic rings. The smallest absolute Gasteiger partial charge is 0.0293 e. The summed E-state index contributed by atoms with van der Waals surface area (Å²) in [4.78, 5) is 0. The Balaban J connectivity index is 1.65. The number of benzene rings is 6. The molecule has 1 heteroatoms. The van der Waals surface area contributed by atoms with Gasteiger partial charge >= 0.3 is 0 Å². The normalized spacial score (nSPS) is 11.4. The molecule has 6 rings (SSSR count). The van der Waals surface area contributed by atoms with E-state index < -0.39 is 0 Å². The SMILES string of the molecule is Ic1c(-c2cccc(-c3cccc4ccccc34)c2)c2ccccc2c2ccccc12. The van der Waals surface area contributed by atoms with Crippen LogP contribution < -0.4 is 0 Å². The van der Waals surface area contributed by atoms with Crippen molar-refractivity contribution in [3.8, 4) is 22.3 Å². The zero-order chi connectivity index (χ0) is 20.8. The third-order valence-corrected chi connectivity index (χ3v) is 7.24. The monoisotopic (exact) mass is 506 g/mol. The van der Waals surface area contributed by atoms with Gasteiger partial charge in [-0.25, -0.2) is 0 Å². The standard InChI is InChI=1S/C30H19I/c31-30-28-17-6-4-15-26(28)25-14-3-5-16-27(25)29(30)22-12-7-11-21(19-22)24-18-8-10-20-9-1-2-13-23(20)24/h1-19H. The van der Waals surface area contributed by atoms with Gasteiger partial charge in [0.1, 0.15) is 0 Å². The van der Waals surface area contributed by atoms with Crippen molar-refractivity contribution in [2.45, 2.75) is 0 Å². The van der Waals surface area contributed by atoms with Crippen LogP contribution >= 0.6 is 22.6 Å². The molecule has 0 saturated heterocycles. The molecule has 6 aromatic carbocycles. The van der Waals surface area contributed by atoms with E-state index in [2.05, 4.69) is 138 Å². The number of fused-ring (bicyclic) bond motifs is 4. The van der Waals surface area contributed by atoms with Crippen molar-refractivity contribution in [3.05, 3.63) is 119 Å². The van der Waals surface area contributed by atoms with Gasteiger partial charge in [0.05, 0.1) is 0 Å². The van der Waals surface area contributed by atoms with E-state index in [1.165, 1.54) is 58.1 Å². The van der Waals surface area contributed by atoms with Gasteiger partial charge in [0.15, 0.2) is 0 Å². The van der Waals surface area contributed by atoms with Crippen LogP contribution in [0.2, 0.25) is 0 Å². The van der Waals surface area contributed by atoms with E-state index in [0.717, 1.165) is 0 Å². The number of hydrogen-bond acceptors (Lipinski definition) is 0. The summed E-state index contributed by atoms with van der Waals surface area (Å²) in [5, 5.41) is 7.81. The number of halogens is 1. The summed E-state index contributed by atoms with van der Waals surface area (Å²) in [7, 11) is 0. The summed E-state index contributed by atoms with van der Waals surface area (Å²) >= 11 is 2.53. The van der Waals surface area contributed by atoms with Crippen molar-refractivity contribution < 1.29 is 0 Å². The molecular weight excluding hydrogens is 487 g/mol. The molecule has 0 fully saturated rings. The van der Waals surface area contributed by atoms with E-state index in [-0.39, 0.29) is 0 Å². The molecule has 0 aromatic heterocycles. The molecular formula is C30H19I. The Morgan fingerprint density at radius 2 is 0.968 bits per heavy atom. The van der Waals surface area contributed by atoms with Crippen LogP contribution in [0.3, 0.4) is 0 Å². The lowest BCUT2D eigenvalue weighted by atomic mass is 9.91. The molecule has 0 amide bonds. The highest BCUT2D eigenvalue weighted by Gasteiger charge is 2.14. The first-order valence-electron chi connectivity index (χ1n) is 10.5. The molecule has 0 radical (unpaired) electrons. The molecule has 0 bridgehead atoms. The first-order chi connectivity index (χ1) is 15.3. The molecule has 0 nitrogen and oxygen atoms in total. The van der Waals surface area contributed by atoms with Crippen LogP contribution in [0.4, 0.5) is 0 Å².